The number of hydrogen-bond acceptors (Lipinski definition) is 2. The van der Waals surface area contributed by atoms with Crippen LogP contribution in [0.5, 0.6) is 0 Å². The molecule has 3 nitrogen and oxygen atoms in total. The van der Waals surface area contributed by atoms with Crippen molar-refractivity contribution in [3.05, 3.63) is 34.3 Å². The molecule has 0 aromatic heterocycles. The van der Waals surface area contributed by atoms with Gasteiger partial charge >= 0.3 is 6.09 Å². The van der Waals surface area contributed by atoms with E-state index >= 15 is 0 Å². The summed E-state index contributed by atoms with van der Waals surface area (Å²) >= 11 is 3.47. The van der Waals surface area contributed by atoms with Crippen molar-refractivity contribution in [3.63, 3.8) is 0 Å². The van der Waals surface area contributed by atoms with Crippen molar-refractivity contribution in [2.75, 3.05) is 6.61 Å². The maximum absolute atomic E-state index is 10.8. The summed E-state index contributed by atoms with van der Waals surface area (Å²) in [6.07, 6.45) is 0.481. The number of rotatable bonds is 2. The maximum atomic E-state index is 10.8. The summed E-state index contributed by atoms with van der Waals surface area (Å²) < 4.78 is 5.88. The molecular formula is C10H10BrNO2. The summed E-state index contributed by atoms with van der Waals surface area (Å²) in [6.45, 7) is 0.458. The second kappa shape index (κ2) is 4.00. The Morgan fingerprint density at radius 2 is 2.29 bits per heavy atom. The van der Waals surface area contributed by atoms with Gasteiger partial charge in [-0.15, -0.1) is 0 Å². The van der Waals surface area contributed by atoms with Crippen molar-refractivity contribution in [2.45, 2.75) is 12.5 Å². The molecule has 1 N–H and O–H groups in total. The lowest BCUT2D eigenvalue weighted by atomic mass is 10.1. The normalized spacial score (nSPS) is 20.4. The van der Waals surface area contributed by atoms with E-state index in [0.29, 0.717) is 6.61 Å². The Bertz CT molecular complexity index is 354. The predicted molar refractivity (Wildman–Crippen MR) is 56.1 cm³/mol. The number of carbonyl (C=O) groups excluding carboxylic acids is 1. The first-order valence-electron chi connectivity index (χ1n) is 4.42. The Morgan fingerprint density at radius 3 is 2.93 bits per heavy atom. The number of ether oxygens (including phenoxy) is 1. The number of carbonyl (C=O) groups is 1. The molecule has 1 aliphatic heterocycles. The van der Waals surface area contributed by atoms with Crippen molar-refractivity contribution >= 4 is 22.0 Å². The standard InChI is InChI=1S/C10H10BrNO2/c11-9-4-2-1-3-7(9)5-8-6-14-10(13)12-8/h1-4,8H,5-6H2,(H,12,13). The van der Waals surface area contributed by atoms with Gasteiger partial charge in [-0.25, -0.2) is 4.79 Å². The molecule has 1 aromatic rings. The summed E-state index contributed by atoms with van der Waals surface area (Å²) in [5.74, 6) is 0. The third-order valence-electron chi connectivity index (χ3n) is 2.16. The van der Waals surface area contributed by atoms with Gasteiger partial charge in [-0.3, -0.25) is 0 Å². The van der Waals surface area contributed by atoms with Gasteiger partial charge in [-0.05, 0) is 18.1 Å². The van der Waals surface area contributed by atoms with Gasteiger partial charge < -0.3 is 10.1 Å². The minimum absolute atomic E-state index is 0.0983. The molecule has 4 heteroatoms. The first-order valence-corrected chi connectivity index (χ1v) is 5.21. The molecule has 74 valence electrons. The lowest BCUT2D eigenvalue weighted by Gasteiger charge is -2.08. The van der Waals surface area contributed by atoms with E-state index in [1.807, 2.05) is 24.3 Å². The zero-order chi connectivity index (χ0) is 9.97. The van der Waals surface area contributed by atoms with E-state index in [-0.39, 0.29) is 12.1 Å². The third-order valence-corrected chi connectivity index (χ3v) is 2.94. The van der Waals surface area contributed by atoms with Gasteiger partial charge in [0, 0.05) is 4.47 Å². The van der Waals surface area contributed by atoms with Crippen LogP contribution in [-0.4, -0.2) is 18.7 Å². The highest BCUT2D eigenvalue weighted by molar-refractivity contribution is 9.10. The van der Waals surface area contributed by atoms with Crippen molar-refractivity contribution < 1.29 is 9.53 Å². The highest BCUT2D eigenvalue weighted by Crippen LogP contribution is 2.18. The monoisotopic (exact) mass is 255 g/mol. The van der Waals surface area contributed by atoms with E-state index in [2.05, 4.69) is 21.2 Å². The lowest BCUT2D eigenvalue weighted by Crippen LogP contribution is -2.28. The van der Waals surface area contributed by atoms with Gasteiger partial charge in [0.25, 0.3) is 0 Å². The number of alkyl carbamates (subject to hydrolysis) is 1. The minimum atomic E-state index is -0.318. The SMILES string of the molecule is O=C1NC(Cc2ccccc2Br)CO1. The number of halogens is 1. The number of amides is 1. The molecule has 0 saturated carbocycles. The van der Waals surface area contributed by atoms with Crippen LogP contribution in [0.15, 0.2) is 28.7 Å². The molecule has 1 aliphatic rings. The Hall–Kier alpha value is -1.03. The number of nitrogens with one attached hydrogen (secondary N) is 1. The molecule has 0 radical (unpaired) electrons. The first kappa shape index (κ1) is 9.52. The molecule has 1 fully saturated rings. The van der Waals surface area contributed by atoms with E-state index in [4.69, 9.17) is 4.74 Å². The van der Waals surface area contributed by atoms with Crippen molar-refractivity contribution in [2.24, 2.45) is 0 Å². The van der Waals surface area contributed by atoms with Crippen LogP contribution in [0.4, 0.5) is 4.79 Å². The zero-order valence-electron chi connectivity index (χ0n) is 7.50. The highest BCUT2D eigenvalue weighted by atomic mass is 79.9. The van der Waals surface area contributed by atoms with Crippen molar-refractivity contribution in [1.82, 2.24) is 5.32 Å². The van der Waals surface area contributed by atoms with E-state index in [1.165, 1.54) is 5.56 Å². The number of benzene rings is 1. The Morgan fingerprint density at radius 1 is 1.50 bits per heavy atom. The summed E-state index contributed by atoms with van der Waals surface area (Å²) in [7, 11) is 0. The molecule has 1 heterocycles. The summed E-state index contributed by atoms with van der Waals surface area (Å²) in [5.41, 5.74) is 1.18. The van der Waals surface area contributed by atoms with Gasteiger partial charge in [-0.2, -0.15) is 0 Å². The lowest BCUT2D eigenvalue weighted by molar-refractivity contribution is 0.177. The molecule has 2 rings (SSSR count). The second-order valence-electron chi connectivity index (χ2n) is 3.24. The van der Waals surface area contributed by atoms with Crippen LogP contribution < -0.4 is 5.32 Å². The van der Waals surface area contributed by atoms with Crippen LogP contribution in [-0.2, 0) is 11.2 Å². The van der Waals surface area contributed by atoms with Crippen LogP contribution in [0.25, 0.3) is 0 Å². The third kappa shape index (κ3) is 2.07. The van der Waals surface area contributed by atoms with Crippen LogP contribution in [0.1, 0.15) is 5.56 Å². The quantitative estimate of drug-likeness (QED) is 0.879. The average molecular weight is 256 g/mol. The van der Waals surface area contributed by atoms with Crippen LogP contribution in [0.3, 0.4) is 0 Å². The highest BCUT2D eigenvalue weighted by Gasteiger charge is 2.22. The smallest absolute Gasteiger partial charge is 0.407 e. The largest absolute Gasteiger partial charge is 0.447 e. The van der Waals surface area contributed by atoms with E-state index in [1.54, 1.807) is 0 Å². The topological polar surface area (TPSA) is 38.3 Å². The number of cyclic esters (lactones) is 1. The first-order chi connectivity index (χ1) is 6.75. The van der Waals surface area contributed by atoms with Gasteiger partial charge in [0.2, 0.25) is 0 Å². The van der Waals surface area contributed by atoms with Gasteiger partial charge in [0.15, 0.2) is 0 Å². The second-order valence-corrected chi connectivity index (χ2v) is 4.09. The molecule has 0 spiro atoms. The molecule has 1 unspecified atom stereocenters. The summed E-state index contributed by atoms with van der Waals surface area (Å²) in [4.78, 5) is 10.8. The fraction of sp³-hybridized carbons (Fsp3) is 0.300. The van der Waals surface area contributed by atoms with E-state index < -0.39 is 0 Å². The Labute approximate surface area is 90.6 Å². The zero-order valence-corrected chi connectivity index (χ0v) is 9.08. The summed E-state index contributed by atoms with van der Waals surface area (Å²) in [5, 5.41) is 2.75. The van der Waals surface area contributed by atoms with Crippen molar-refractivity contribution in [1.29, 1.82) is 0 Å². The number of hydrogen-bond donors (Lipinski definition) is 1. The molecule has 1 atom stereocenters. The summed E-state index contributed by atoms with van der Waals surface area (Å²) in [6, 6.07) is 8.08. The molecule has 1 saturated heterocycles. The molecular weight excluding hydrogens is 246 g/mol. The fourth-order valence-corrected chi connectivity index (χ4v) is 1.91. The Kier molecular flexibility index (Phi) is 2.72. The van der Waals surface area contributed by atoms with Crippen LogP contribution in [0.2, 0.25) is 0 Å². The van der Waals surface area contributed by atoms with Crippen LogP contribution in [0, 0.1) is 0 Å². The molecule has 0 aliphatic carbocycles. The molecule has 1 amide bonds. The van der Waals surface area contributed by atoms with E-state index in [0.717, 1.165) is 10.9 Å². The van der Waals surface area contributed by atoms with E-state index in [9.17, 15) is 4.79 Å². The van der Waals surface area contributed by atoms with Gasteiger partial charge in [-0.1, -0.05) is 34.1 Å². The maximum Gasteiger partial charge on any atom is 0.407 e. The van der Waals surface area contributed by atoms with Crippen LogP contribution >= 0.6 is 15.9 Å². The van der Waals surface area contributed by atoms with Gasteiger partial charge in [0.1, 0.15) is 6.61 Å². The molecule has 14 heavy (non-hydrogen) atoms. The predicted octanol–water partition coefficient (Wildman–Crippen LogP) is 2.10. The average Bonchev–Trinajstić information content (AvgIpc) is 2.56. The molecule has 0 bridgehead atoms. The van der Waals surface area contributed by atoms with Crippen molar-refractivity contribution in [3.8, 4) is 0 Å². The Balaban J connectivity index is 2.04. The minimum Gasteiger partial charge on any atom is -0.447 e. The molecule has 1 aromatic carbocycles. The fourth-order valence-electron chi connectivity index (χ4n) is 1.47. The van der Waals surface area contributed by atoms with Gasteiger partial charge in [0.05, 0.1) is 6.04 Å².